The molecule has 1 aliphatic heterocycles. The minimum absolute atomic E-state index is 0.0570. The number of anilines is 1. The fraction of sp³-hybridized carbons (Fsp3) is 0.219. The third kappa shape index (κ3) is 4.68. The van der Waals surface area contributed by atoms with Gasteiger partial charge in [-0.05, 0) is 59.7 Å². The van der Waals surface area contributed by atoms with Gasteiger partial charge in [0, 0.05) is 23.7 Å². The van der Waals surface area contributed by atoms with E-state index in [4.69, 9.17) is 4.74 Å². The number of esters is 1. The molecule has 4 aromatic rings. The molecule has 5 rings (SSSR count). The first-order valence-corrected chi connectivity index (χ1v) is 14.5. The van der Waals surface area contributed by atoms with Gasteiger partial charge in [0.2, 0.25) is 10.0 Å². The quantitative estimate of drug-likeness (QED) is 0.239. The van der Waals surface area contributed by atoms with E-state index in [0.29, 0.717) is 5.56 Å². The largest absolute Gasteiger partial charge is 0.425 e. The molecule has 0 radical (unpaired) electrons. The molecule has 0 saturated carbocycles. The molecule has 7 nitrogen and oxygen atoms in total. The summed E-state index contributed by atoms with van der Waals surface area (Å²) < 4.78 is 33.7. The molecule has 0 saturated heterocycles. The highest BCUT2D eigenvalue weighted by atomic mass is 32.2. The standard InChI is InChI=1S/C32H32N2O5S/c1-22(33-40(37,38)24-13-6-5-7-14-24)30(35)39-29-19-18-23-12-8-9-15-25(23)26(29)20-21-32(36)31(2,3)27-16-10-11-17-28(27)34(32)4/h5-22,33,36H,1-4H3/b21-20+. The molecule has 4 aromatic carbocycles. The summed E-state index contributed by atoms with van der Waals surface area (Å²) in [6.07, 6.45) is 3.50. The summed E-state index contributed by atoms with van der Waals surface area (Å²) in [4.78, 5) is 15.0. The van der Waals surface area contributed by atoms with E-state index in [-0.39, 0.29) is 10.6 Å². The Balaban J connectivity index is 1.48. The smallest absolute Gasteiger partial charge is 0.329 e. The number of nitrogens with one attached hydrogen (secondary N) is 1. The lowest BCUT2D eigenvalue weighted by atomic mass is 9.77. The molecule has 0 bridgehead atoms. The van der Waals surface area contributed by atoms with Crippen LogP contribution in [0.25, 0.3) is 16.8 Å². The van der Waals surface area contributed by atoms with Crippen molar-refractivity contribution in [2.75, 3.05) is 11.9 Å². The number of carbonyl (C=O) groups excluding carboxylic acids is 1. The van der Waals surface area contributed by atoms with Gasteiger partial charge < -0.3 is 14.7 Å². The van der Waals surface area contributed by atoms with E-state index in [1.807, 2.05) is 80.4 Å². The lowest BCUT2D eigenvalue weighted by Crippen LogP contribution is -2.52. The first-order chi connectivity index (χ1) is 19.0. The Hall–Kier alpha value is -3.98. The van der Waals surface area contributed by atoms with Gasteiger partial charge in [0.05, 0.1) is 4.90 Å². The maximum atomic E-state index is 13.1. The second-order valence-corrected chi connectivity index (χ2v) is 12.3. The van der Waals surface area contributed by atoms with Crippen molar-refractivity contribution in [1.29, 1.82) is 0 Å². The minimum Gasteiger partial charge on any atom is -0.425 e. The van der Waals surface area contributed by atoms with Gasteiger partial charge in [0.15, 0.2) is 5.72 Å². The molecule has 0 amide bonds. The van der Waals surface area contributed by atoms with E-state index >= 15 is 0 Å². The summed E-state index contributed by atoms with van der Waals surface area (Å²) in [6, 6.07) is 25.8. The molecule has 0 aromatic heterocycles. The fourth-order valence-electron chi connectivity index (χ4n) is 5.30. The van der Waals surface area contributed by atoms with Crippen LogP contribution in [0.2, 0.25) is 0 Å². The molecular weight excluding hydrogens is 524 g/mol. The van der Waals surface area contributed by atoms with E-state index in [1.165, 1.54) is 19.1 Å². The molecule has 2 atom stereocenters. The van der Waals surface area contributed by atoms with Crippen molar-refractivity contribution >= 4 is 38.5 Å². The number of nitrogens with zero attached hydrogens (tertiary/aromatic N) is 1. The van der Waals surface area contributed by atoms with Crippen LogP contribution in [-0.2, 0) is 20.2 Å². The molecule has 0 aliphatic carbocycles. The molecular formula is C32H32N2O5S. The number of hydrogen-bond acceptors (Lipinski definition) is 6. The average molecular weight is 557 g/mol. The third-order valence-electron chi connectivity index (χ3n) is 7.73. The number of carbonyl (C=O) groups is 1. The van der Waals surface area contributed by atoms with Gasteiger partial charge in [-0.2, -0.15) is 4.72 Å². The molecule has 8 heteroatoms. The van der Waals surface area contributed by atoms with E-state index in [9.17, 15) is 18.3 Å². The SMILES string of the molecule is CC(NS(=O)(=O)c1ccccc1)C(=O)Oc1ccc2ccccc2c1/C=C/C1(O)N(C)c2ccccc2C1(C)C. The Kier molecular flexibility index (Phi) is 7.04. The van der Waals surface area contributed by atoms with Crippen molar-refractivity contribution in [1.82, 2.24) is 4.72 Å². The van der Waals surface area contributed by atoms with Crippen LogP contribution < -0.4 is 14.4 Å². The summed E-state index contributed by atoms with van der Waals surface area (Å²) in [6.45, 7) is 5.42. The summed E-state index contributed by atoms with van der Waals surface area (Å²) in [5, 5.41) is 13.7. The molecule has 2 unspecified atom stereocenters. The van der Waals surface area contributed by atoms with Crippen molar-refractivity contribution in [3.05, 3.63) is 108 Å². The molecule has 1 heterocycles. The van der Waals surface area contributed by atoms with Crippen LogP contribution in [-0.4, -0.2) is 38.3 Å². The summed E-state index contributed by atoms with van der Waals surface area (Å²) in [7, 11) is -2.07. The Morgan fingerprint density at radius 2 is 1.60 bits per heavy atom. The molecule has 0 fully saturated rings. The predicted octanol–water partition coefficient (Wildman–Crippen LogP) is 5.24. The normalized spacial score (nSPS) is 19.1. The molecule has 40 heavy (non-hydrogen) atoms. The first-order valence-electron chi connectivity index (χ1n) is 13.0. The fourth-order valence-corrected chi connectivity index (χ4v) is 6.51. The van der Waals surface area contributed by atoms with Gasteiger partial charge in [-0.1, -0.05) is 80.6 Å². The van der Waals surface area contributed by atoms with Crippen LogP contribution in [0.5, 0.6) is 5.75 Å². The number of fused-ring (bicyclic) bond motifs is 2. The van der Waals surface area contributed by atoms with E-state index in [1.54, 1.807) is 36.4 Å². The first kappa shape index (κ1) is 27.6. The lowest BCUT2D eigenvalue weighted by Gasteiger charge is -2.39. The van der Waals surface area contributed by atoms with Crippen molar-refractivity contribution in [2.45, 2.75) is 42.8 Å². The van der Waals surface area contributed by atoms with Gasteiger partial charge in [0.25, 0.3) is 0 Å². The second-order valence-electron chi connectivity index (χ2n) is 10.5. The van der Waals surface area contributed by atoms with Crippen molar-refractivity contribution in [2.24, 2.45) is 0 Å². The monoisotopic (exact) mass is 556 g/mol. The highest BCUT2D eigenvalue weighted by Gasteiger charge is 2.53. The van der Waals surface area contributed by atoms with Gasteiger partial charge in [-0.25, -0.2) is 13.2 Å². The van der Waals surface area contributed by atoms with Gasteiger partial charge in [0.1, 0.15) is 11.8 Å². The highest BCUT2D eigenvalue weighted by Crippen LogP contribution is 2.50. The molecule has 206 valence electrons. The third-order valence-corrected chi connectivity index (χ3v) is 9.29. The number of likely N-dealkylation sites (N-methyl/N-ethyl adjacent to an activating group) is 1. The molecule has 1 aliphatic rings. The van der Waals surface area contributed by atoms with E-state index in [2.05, 4.69) is 4.72 Å². The summed E-state index contributed by atoms with van der Waals surface area (Å²) in [5.74, 6) is -0.501. The Morgan fingerprint density at radius 1 is 0.950 bits per heavy atom. The minimum atomic E-state index is -3.92. The van der Waals surface area contributed by atoms with Crippen LogP contribution in [0.4, 0.5) is 5.69 Å². The number of ether oxygens (including phenoxy) is 1. The van der Waals surface area contributed by atoms with Crippen molar-refractivity contribution in [3.8, 4) is 5.75 Å². The van der Waals surface area contributed by atoms with Gasteiger partial charge >= 0.3 is 5.97 Å². The topological polar surface area (TPSA) is 95.9 Å². The number of sulfonamides is 1. The van der Waals surface area contributed by atoms with Crippen LogP contribution in [0.1, 0.15) is 31.9 Å². The zero-order chi connectivity index (χ0) is 28.7. The maximum absolute atomic E-state index is 13.1. The zero-order valence-electron chi connectivity index (χ0n) is 22.8. The van der Waals surface area contributed by atoms with E-state index < -0.39 is 33.2 Å². The lowest BCUT2D eigenvalue weighted by molar-refractivity contribution is -0.135. The number of rotatable bonds is 7. The molecule has 0 spiro atoms. The summed E-state index contributed by atoms with van der Waals surface area (Å²) >= 11 is 0. The number of hydrogen-bond donors (Lipinski definition) is 2. The number of benzene rings is 4. The Bertz CT molecular complexity index is 1720. The second kappa shape index (κ2) is 10.2. The predicted molar refractivity (Wildman–Crippen MR) is 158 cm³/mol. The maximum Gasteiger partial charge on any atom is 0.329 e. The van der Waals surface area contributed by atoms with Crippen LogP contribution in [0, 0.1) is 0 Å². The average Bonchev–Trinajstić information content (AvgIpc) is 3.10. The number of para-hydroxylation sites is 1. The Morgan fingerprint density at radius 3 is 2.33 bits per heavy atom. The van der Waals surface area contributed by atoms with E-state index in [0.717, 1.165) is 22.0 Å². The Labute approximate surface area is 234 Å². The van der Waals surface area contributed by atoms with Crippen LogP contribution in [0.3, 0.4) is 0 Å². The van der Waals surface area contributed by atoms with Crippen LogP contribution >= 0.6 is 0 Å². The highest BCUT2D eigenvalue weighted by molar-refractivity contribution is 7.89. The summed E-state index contributed by atoms with van der Waals surface area (Å²) in [5.41, 5.74) is 0.546. The molecule has 2 N–H and O–H groups in total. The van der Waals surface area contributed by atoms with Crippen molar-refractivity contribution < 1.29 is 23.1 Å². The zero-order valence-corrected chi connectivity index (χ0v) is 23.6. The number of aliphatic hydroxyl groups is 1. The van der Waals surface area contributed by atoms with Gasteiger partial charge in [-0.3, -0.25) is 0 Å². The van der Waals surface area contributed by atoms with Crippen LogP contribution in [0.15, 0.2) is 102 Å². The van der Waals surface area contributed by atoms with Gasteiger partial charge in [-0.15, -0.1) is 0 Å². The van der Waals surface area contributed by atoms with Crippen molar-refractivity contribution in [3.63, 3.8) is 0 Å².